The molecule has 0 aliphatic rings. The number of nitrogens with one attached hydrogen (secondary N) is 1. The van der Waals surface area contributed by atoms with Crippen molar-refractivity contribution in [3.63, 3.8) is 0 Å². The van der Waals surface area contributed by atoms with Crippen LogP contribution in [0.2, 0.25) is 0 Å². The predicted octanol–water partition coefficient (Wildman–Crippen LogP) is 5.37. The number of thioether (sulfide) groups is 1. The van der Waals surface area contributed by atoms with Gasteiger partial charge in [-0.05, 0) is 43.7 Å². The summed E-state index contributed by atoms with van der Waals surface area (Å²) in [7, 11) is 1.58. The molecule has 2 aromatic carbocycles. The third-order valence-electron chi connectivity index (χ3n) is 4.80. The van der Waals surface area contributed by atoms with E-state index in [9.17, 15) is 14.9 Å². The number of ether oxygens (including phenoxy) is 1. The number of ketones is 1. The lowest BCUT2D eigenvalue weighted by molar-refractivity contribution is -0.113. The van der Waals surface area contributed by atoms with Crippen molar-refractivity contribution in [3.8, 4) is 11.8 Å². The van der Waals surface area contributed by atoms with E-state index in [2.05, 4.69) is 16.4 Å². The molecule has 33 heavy (non-hydrogen) atoms. The number of carbonyl (C=O) groups is 2. The molecule has 0 radical (unpaired) electrons. The largest absolute Gasteiger partial charge is 0.497 e. The lowest BCUT2D eigenvalue weighted by Crippen LogP contribution is -2.15. The number of anilines is 1. The first-order chi connectivity index (χ1) is 15.9. The molecule has 7 heteroatoms. The Morgan fingerprint density at radius 2 is 1.82 bits per heavy atom. The van der Waals surface area contributed by atoms with Crippen LogP contribution in [0, 0.1) is 18.3 Å². The summed E-state index contributed by atoms with van der Waals surface area (Å²) in [5.74, 6) is 0.361. The van der Waals surface area contributed by atoms with E-state index in [4.69, 9.17) is 4.74 Å². The van der Waals surface area contributed by atoms with Gasteiger partial charge in [-0.15, -0.1) is 0 Å². The van der Waals surface area contributed by atoms with Gasteiger partial charge in [0.05, 0.1) is 24.1 Å². The van der Waals surface area contributed by atoms with Gasteiger partial charge in [0, 0.05) is 16.8 Å². The number of carbonyl (C=O) groups excluding carboxylic acids is 2. The summed E-state index contributed by atoms with van der Waals surface area (Å²) < 4.78 is 5.12. The zero-order valence-corrected chi connectivity index (χ0v) is 19.4. The third-order valence-corrected chi connectivity index (χ3v) is 5.78. The van der Waals surface area contributed by atoms with E-state index in [1.165, 1.54) is 6.92 Å². The van der Waals surface area contributed by atoms with Crippen LogP contribution in [-0.4, -0.2) is 29.5 Å². The Hall–Kier alpha value is -3.89. The van der Waals surface area contributed by atoms with Crippen molar-refractivity contribution < 1.29 is 14.3 Å². The molecule has 3 rings (SSSR count). The minimum Gasteiger partial charge on any atom is -0.497 e. The molecule has 0 aliphatic heterocycles. The molecule has 1 aromatic heterocycles. The molecule has 166 valence electrons. The van der Waals surface area contributed by atoms with Gasteiger partial charge in [-0.2, -0.15) is 5.26 Å². The van der Waals surface area contributed by atoms with Gasteiger partial charge >= 0.3 is 0 Å². The van der Waals surface area contributed by atoms with Crippen LogP contribution in [0.3, 0.4) is 0 Å². The van der Waals surface area contributed by atoms with Crippen molar-refractivity contribution in [2.45, 2.75) is 18.9 Å². The number of amides is 1. The second kappa shape index (κ2) is 11.1. The highest BCUT2D eigenvalue weighted by atomic mass is 32.2. The molecule has 0 spiro atoms. The molecule has 1 heterocycles. The average Bonchev–Trinajstić information content (AvgIpc) is 2.82. The zero-order chi connectivity index (χ0) is 23.8. The van der Waals surface area contributed by atoms with Crippen molar-refractivity contribution in [1.82, 2.24) is 4.98 Å². The number of pyridine rings is 1. The standard InChI is InChI=1S/C26H23N3O3S/c1-17-25(18(2)30)22(14-9-19-7-5-4-6-8-19)23(15-27)26(28-17)33-16-24(31)29-20-10-12-21(32-3)13-11-20/h4-14H,16H2,1-3H3,(H,29,31). The molecule has 3 aromatic rings. The van der Waals surface area contributed by atoms with Crippen LogP contribution < -0.4 is 10.1 Å². The van der Waals surface area contributed by atoms with Gasteiger partial charge in [0.1, 0.15) is 16.8 Å². The Kier molecular flexibility index (Phi) is 8.01. The van der Waals surface area contributed by atoms with E-state index in [0.717, 1.165) is 17.3 Å². The van der Waals surface area contributed by atoms with E-state index in [1.807, 2.05) is 36.4 Å². The maximum Gasteiger partial charge on any atom is 0.234 e. The lowest BCUT2D eigenvalue weighted by atomic mass is 9.98. The first-order valence-corrected chi connectivity index (χ1v) is 11.2. The van der Waals surface area contributed by atoms with Crippen LogP contribution in [0.25, 0.3) is 12.2 Å². The minimum atomic E-state index is -0.231. The predicted molar refractivity (Wildman–Crippen MR) is 131 cm³/mol. The number of aryl methyl sites for hydroxylation is 1. The number of methoxy groups -OCH3 is 1. The molecule has 6 nitrogen and oxygen atoms in total. The summed E-state index contributed by atoms with van der Waals surface area (Å²) >= 11 is 1.16. The molecule has 0 atom stereocenters. The van der Waals surface area contributed by atoms with E-state index < -0.39 is 0 Å². The topological polar surface area (TPSA) is 92.1 Å². The summed E-state index contributed by atoms with van der Waals surface area (Å²) in [5.41, 5.74) is 3.31. The van der Waals surface area contributed by atoms with Crippen LogP contribution in [-0.2, 0) is 4.79 Å². The summed E-state index contributed by atoms with van der Waals surface area (Å²) in [4.78, 5) is 29.3. The number of nitriles is 1. The maximum atomic E-state index is 12.5. The van der Waals surface area contributed by atoms with Gasteiger partial charge in [-0.1, -0.05) is 54.2 Å². The molecule has 0 saturated carbocycles. The number of nitrogens with zero attached hydrogens (tertiary/aromatic N) is 2. The second-order valence-corrected chi connectivity index (χ2v) is 8.11. The summed E-state index contributed by atoms with van der Waals surface area (Å²) in [6.07, 6.45) is 3.62. The fourth-order valence-corrected chi connectivity index (χ4v) is 4.11. The van der Waals surface area contributed by atoms with Crippen molar-refractivity contribution in [1.29, 1.82) is 5.26 Å². The number of aromatic nitrogens is 1. The third kappa shape index (κ3) is 6.09. The number of Topliss-reactive ketones (excluding diaryl/α,β-unsaturated/α-hetero) is 1. The van der Waals surface area contributed by atoms with Crippen LogP contribution in [0.4, 0.5) is 5.69 Å². The van der Waals surface area contributed by atoms with Crippen LogP contribution in [0.5, 0.6) is 5.75 Å². The Morgan fingerprint density at radius 1 is 1.12 bits per heavy atom. The van der Waals surface area contributed by atoms with Gasteiger partial charge in [0.2, 0.25) is 5.91 Å². The molecule has 0 saturated heterocycles. The number of rotatable bonds is 8. The normalized spacial score (nSPS) is 10.6. The van der Waals surface area contributed by atoms with Crippen molar-refractivity contribution >= 4 is 41.3 Å². The minimum absolute atomic E-state index is 0.0639. The maximum absolute atomic E-state index is 12.5. The smallest absolute Gasteiger partial charge is 0.234 e. The van der Waals surface area contributed by atoms with Crippen molar-refractivity contribution in [3.05, 3.63) is 82.5 Å². The van der Waals surface area contributed by atoms with Gasteiger partial charge in [-0.3, -0.25) is 9.59 Å². The molecule has 0 unspecified atom stereocenters. The van der Waals surface area contributed by atoms with E-state index in [-0.39, 0.29) is 23.0 Å². The molecule has 0 aliphatic carbocycles. The first kappa shape index (κ1) is 23.8. The molecule has 1 amide bonds. The van der Waals surface area contributed by atoms with E-state index in [1.54, 1.807) is 44.4 Å². The quantitative estimate of drug-likeness (QED) is 0.361. The van der Waals surface area contributed by atoms with Crippen molar-refractivity contribution in [2.24, 2.45) is 0 Å². The molecular formula is C26H23N3O3S. The Morgan fingerprint density at radius 3 is 2.42 bits per heavy atom. The fourth-order valence-electron chi connectivity index (χ4n) is 3.27. The summed E-state index contributed by atoms with van der Waals surface area (Å²) in [6, 6.07) is 18.8. The summed E-state index contributed by atoms with van der Waals surface area (Å²) in [5, 5.41) is 13.1. The molecular weight excluding hydrogens is 434 g/mol. The molecule has 0 fully saturated rings. The fraction of sp³-hybridized carbons (Fsp3) is 0.154. The highest BCUT2D eigenvalue weighted by molar-refractivity contribution is 8.00. The Bertz CT molecular complexity index is 1230. The van der Waals surface area contributed by atoms with E-state index in [0.29, 0.717) is 33.3 Å². The van der Waals surface area contributed by atoms with Crippen LogP contribution in [0.15, 0.2) is 59.6 Å². The van der Waals surface area contributed by atoms with Crippen LogP contribution in [0.1, 0.15) is 39.7 Å². The number of benzene rings is 2. The van der Waals surface area contributed by atoms with E-state index >= 15 is 0 Å². The number of hydrogen-bond acceptors (Lipinski definition) is 6. The Labute approximate surface area is 197 Å². The highest BCUT2D eigenvalue weighted by Gasteiger charge is 2.20. The molecule has 1 N–H and O–H groups in total. The first-order valence-electron chi connectivity index (χ1n) is 10.2. The van der Waals surface area contributed by atoms with Gasteiger partial charge in [0.15, 0.2) is 5.78 Å². The Balaban J connectivity index is 1.86. The zero-order valence-electron chi connectivity index (χ0n) is 18.6. The SMILES string of the molecule is COc1ccc(NC(=O)CSc2nc(C)c(C(C)=O)c(C=Cc3ccccc3)c2C#N)cc1. The lowest BCUT2D eigenvalue weighted by Gasteiger charge is -2.13. The average molecular weight is 458 g/mol. The van der Waals surface area contributed by atoms with Crippen LogP contribution >= 0.6 is 11.8 Å². The van der Waals surface area contributed by atoms with Gasteiger partial charge in [0.25, 0.3) is 0 Å². The second-order valence-electron chi connectivity index (χ2n) is 7.14. The van der Waals surface area contributed by atoms with Gasteiger partial charge < -0.3 is 10.1 Å². The van der Waals surface area contributed by atoms with Crippen molar-refractivity contribution in [2.75, 3.05) is 18.2 Å². The van der Waals surface area contributed by atoms with Gasteiger partial charge in [-0.25, -0.2) is 4.98 Å². The monoisotopic (exact) mass is 457 g/mol. The molecule has 0 bridgehead atoms. The highest BCUT2D eigenvalue weighted by Crippen LogP contribution is 2.29. The number of hydrogen-bond donors (Lipinski definition) is 1. The summed E-state index contributed by atoms with van der Waals surface area (Å²) in [6.45, 7) is 3.19.